The van der Waals surface area contributed by atoms with Gasteiger partial charge in [-0.1, -0.05) is 176 Å². The van der Waals surface area contributed by atoms with Gasteiger partial charge < -0.3 is 4.57 Å². The molecule has 3 nitrogen and oxygen atoms in total. The molecule has 0 N–H and O–H groups in total. The first kappa shape index (κ1) is 34.9. The molecule has 12 rings (SSSR count). The quantitative estimate of drug-likeness (QED) is 0.158. The van der Waals surface area contributed by atoms with Crippen molar-refractivity contribution < 1.29 is 0 Å². The number of hydrogen-bond acceptors (Lipinski definition) is 2. The summed E-state index contributed by atoms with van der Waals surface area (Å²) >= 11 is 0. The minimum Gasteiger partial charge on any atom is -0.309 e. The highest BCUT2D eigenvalue weighted by Crippen LogP contribution is 2.38. The summed E-state index contributed by atoms with van der Waals surface area (Å²) in [5.41, 5.74) is 16.8. The predicted molar refractivity (Wildman–Crippen MR) is 256 cm³/mol. The molecule has 0 aliphatic heterocycles. The lowest BCUT2D eigenvalue weighted by molar-refractivity contribution is 1.18. The lowest BCUT2D eigenvalue weighted by Gasteiger charge is -2.12. The Morgan fingerprint density at radius 1 is 0.279 bits per heavy atom. The van der Waals surface area contributed by atoms with Gasteiger partial charge in [-0.25, -0.2) is 4.98 Å². The van der Waals surface area contributed by atoms with Gasteiger partial charge in [-0.15, -0.1) is 0 Å². The topological polar surface area (TPSA) is 30.7 Å². The monoisotopic (exact) mass is 775 g/mol. The van der Waals surface area contributed by atoms with Crippen LogP contribution < -0.4 is 0 Å². The first-order valence-electron chi connectivity index (χ1n) is 20.8. The zero-order valence-electron chi connectivity index (χ0n) is 33.2. The zero-order chi connectivity index (χ0) is 40.3. The van der Waals surface area contributed by atoms with E-state index in [0.29, 0.717) is 0 Å². The predicted octanol–water partition coefficient (Wildman–Crippen LogP) is 15.4. The molecule has 0 fully saturated rings. The number of fused-ring (bicyclic) bond motifs is 9. The molecule has 0 bridgehead atoms. The van der Waals surface area contributed by atoms with E-state index in [1.807, 2.05) is 6.20 Å². The number of benzene rings is 10. The first-order chi connectivity index (χ1) is 30.2. The summed E-state index contributed by atoms with van der Waals surface area (Å²) in [7, 11) is 0. The minimum atomic E-state index is 0.862. The summed E-state index contributed by atoms with van der Waals surface area (Å²) in [6.45, 7) is 0. The van der Waals surface area contributed by atoms with E-state index in [-0.39, 0.29) is 0 Å². The van der Waals surface area contributed by atoms with E-state index in [0.717, 1.165) is 44.2 Å². The number of aromatic nitrogens is 3. The van der Waals surface area contributed by atoms with Gasteiger partial charge in [0, 0.05) is 32.8 Å². The van der Waals surface area contributed by atoms with Crippen LogP contribution in [0.5, 0.6) is 0 Å². The summed E-state index contributed by atoms with van der Waals surface area (Å²) in [5.74, 6) is 0. The molecule has 10 aromatic carbocycles. The summed E-state index contributed by atoms with van der Waals surface area (Å²) in [6.07, 6.45) is 1.92. The maximum Gasteiger partial charge on any atom is 0.0979 e. The fraction of sp³-hybridized carbons (Fsp3) is 0. The van der Waals surface area contributed by atoms with Crippen molar-refractivity contribution in [2.75, 3.05) is 0 Å². The molecule has 0 radical (unpaired) electrons. The van der Waals surface area contributed by atoms with Crippen LogP contribution in [-0.2, 0) is 0 Å². The Morgan fingerprint density at radius 2 is 0.721 bits per heavy atom. The van der Waals surface area contributed by atoms with Crippen molar-refractivity contribution in [3.8, 4) is 61.5 Å². The van der Waals surface area contributed by atoms with Crippen molar-refractivity contribution in [1.82, 2.24) is 14.5 Å². The molecule has 3 heteroatoms. The van der Waals surface area contributed by atoms with Crippen LogP contribution in [0, 0.1) is 0 Å². The molecule has 12 aromatic rings. The van der Waals surface area contributed by atoms with Crippen LogP contribution in [0.4, 0.5) is 0 Å². The molecular weight excluding hydrogens is 739 g/mol. The van der Waals surface area contributed by atoms with E-state index < -0.39 is 0 Å². The Labute approximate surface area is 353 Å². The number of rotatable bonds is 6. The largest absolute Gasteiger partial charge is 0.309 e. The highest BCUT2D eigenvalue weighted by molar-refractivity contribution is 6.23. The molecule has 0 saturated carbocycles. The van der Waals surface area contributed by atoms with Crippen LogP contribution >= 0.6 is 0 Å². The molecule has 61 heavy (non-hydrogen) atoms. The van der Waals surface area contributed by atoms with E-state index in [9.17, 15) is 0 Å². The van der Waals surface area contributed by atoms with E-state index in [2.05, 4.69) is 223 Å². The van der Waals surface area contributed by atoms with Crippen LogP contribution in [0.1, 0.15) is 0 Å². The Hall–Kier alpha value is -8.14. The third kappa shape index (κ3) is 5.98. The van der Waals surface area contributed by atoms with E-state index >= 15 is 0 Å². The molecule has 0 spiro atoms. The highest BCUT2D eigenvalue weighted by atomic mass is 15.0. The fourth-order valence-electron chi connectivity index (χ4n) is 9.24. The Bertz CT molecular complexity index is 3600. The molecule has 0 saturated heterocycles. The van der Waals surface area contributed by atoms with Crippen molar-refractivity contribution in [3.05, 3.63) is 225 Å². The molecular formula is C58H37N3. The summed E-state index contributed by atoms with van der Waals surface area (Å²) < 4.78 is 2.38. The van der Waals surface area contributed by atoms with E-state index in [4.69, 9.17) is 9.97 Å². The van der Waals surface area contributed by atoms with Gasteiger partial charge in [0.2, 0.25) is 0 Å². The highest BCUT2D eigenvalue weighted by Gasteiger charge is 2.15. The maximum absolute atomic E-state index is 5.26. The molecule has 0 aliphatic carbocycles. The molecule has 2 aromatic heterocycles. The molecule has 0 amide bonds. The van der Waals surface area contributed by atoms with E-state index in [1.165, 1.54) is 71.6 Å². The van der Waals surface area contributed by atoms with Gasteiger partial charge in [0.1, 0.15) is 0 Å². The second-order valence-corrected chi connectivity index (χ2v) is 15.8. The third-order valence-corrected chi connectivity index (χ3v) is 12.2. The van der Waals surface area contributed by atoms with Gasteiger partial charge in [0.25, 0.3) is 0 Å². The van der Waals surface area contributed by atoms with Crippen molar-refractivity contribution in [2.45, 2.75) is 0 Å². The van der Waals surface area contributed by atoms with Gasteiger partial charge in [-0.2, -0.15) is 0 Å². The van der Waals surface area contributed by atoms with Gasteiger partial charge in [0.05, 0.1) is 34.0 Å². The molecule has 284 valence electrons. The smallest absolute Gasteiger partial charge is 0.0979 e. The Balaban J connectivity index is 0.849. The average Bonchev–Trinajstić information content (AvgIpc) is 3.68. The zero-order valence-corrected chi connectivity index (χ0v) is 33.2. The summed E-state index contributed by atoms with van der Waals surface area (Å²) in [6, 6.07) is 78.5. The number of nitrogens with zero attached hydrogens (tertiary/aromatic N) is 3. The van der Waals surface area contributed by atoms with Crippen LogP contribution in [0.3, 0.4) is 0 Å². The van der Waals surface area contributed by atoms with E-state index in [1.54, 1.807) is 0 Å². The van der Waals surface area contributed by atoms with Crippen LogP contribution in [0.25, 0.3) is 116 Å². The lowest BCUT2D eigenvalue weighted by Crippen LogP contribution is -1.93. The maximum atomic E-state index is 5.26. The Morgan fingerprint density at radius 3 is 1.34 bits per heavy atom. The van der Waals surface area contributed by atoms with Crippen molar-refractivity contribution in [3.63, 3.8) is 0 Å². The normalized spacial score (nSPS) is 11.6. The standard InChI is InChI=1S/C58H37N3/c1-2-19-47(20-3-1)61-55-26-9-8-23-50(55)51-32-31-45(36-56(51)61)39-29-27-38(28-30-39)40-13-10-14-41(33-40)42-15-11-16-43(34-42)44-17-12-18-46(35-44)54-37-59-57-52-24-6-4-21-48(52)49-22-5-7-25-53(49)58(57)60-54/h1-37H. The van der Waals surface area contributed by atoms with Gasteiger partial charge in [0.15, 0.2) is 0 Å². The number of para-hydroxylation sites is 2. The fourth-order valence-corrected chi connectivity index (χ4v) is 9.24. The molecule has 2 heterocycles. The first-order valence-corrected chi connectivity index (χ1v) is 20.8. The van der Waals surface area contributed by atoms with Crippen LogP contribution in [0.2, 0.25) is 0 Å². The third-order valence-electron chi connectivity index (χ3n) is 12.2. The molecule has 0 unspecified atom stereocenters. The van der Waals surface area contributed by atoms with Gasteiger partial charge in [-0.3, -0.25) is 4.98 Å². The number of hydrogen-bond donors (Lipinski definition) is 0. The minimum absolute atomic E-state index is 0.862. The lowest BCUT2D eigenvalue weighted by atomic mass is 9.94. The Kier molecular flexibility index (Phi) is 8.17. The van der Waals surface area contributed by atoms with Crippen molar-refractivity contribution >= 4 is 54.4 Å². The van der Waals surface area contributed by atoms with Gasteiger partial charge in [-0.05, 0) is 97.7 Å². The van der Waals surface area contributed by atoms with Crippen LogP contribution in [-0.4, -0.2) is 14.5 Å². The van der Waals surface area contributed by atoms with Gasteiger partial charge >= 0.3 is 0 Å². The second kappa shape index (κ2) is 14.3. The van der Waals surface area contributed by atoms with Crippen molar-refractivity contribution in [2.24, 2.45) is 0 Å². The second-order valence-electron chi connectivity index (χ2n) is 15.8. The van der Waals surface area contributed by atoms with Crippen molar-refractivity contribution in [1.29, 1.82) is 0 Å². The van der Waals surface area contributed by atoms with Crippen LogP contribution in [0.15, 0.2) is 225 Å². The summed E-state index contributed by atoms with van der Waals surface area (Å²) in [5, 5.41) is 7.16. The average molecular weight is 776 g/mol. The summed E-state index contributed by atoms with van der Waals surface area (Å²) in [4.78, 5) is 10.3. The molecule has 0 aliphatic rings. The SMILES string of the molecule is c1ccc(-n2c3ccccc3c3ccc(-c4ccc(-c5cccc(-c6cccc(-c7cccc(-c8cnc9c%10ccccc%10c%10ccccc%10c9n8)c7)c6)c5)cc4)cc32)cc1. The molecule has 0 atom stereocenters.